The summed E-state index contributed by atoms with van der Waals surface area (Å²) in [6.45, 7) is 4.65. The van der Waals surface area contributed by atoms with Gasteiger partial charge in [0.1, 0.15) is 11.6 Å². The fourth-order valence-electron chi connectivity index (χ4n) is 2.16. The van der Waals surface area contributed by atoms with E-state index in [0.29, 0.717) is 18.2 Å². The van der Waals surface area contributed by atoms with Gasteiger partial charge in [-0.3, -0.25) is 4.79 Å². The van der Waals surface area contributed by atoms with Gasteiger partial charge in [0.05, 0.1) is 12.7 Å². The van der Waals surface area contributed by atoms with E-state index in [9.17, 15) is 4.79 Å². The van der Waals surface area contributed by atoms with E-state index in [4.69, 9.17) is 4.74 Å². The molecule has 5 nitrogen and oxygen atoms in total. The van der Waals surface area contributed by atoms with E-state index in [0.717, 1.165) is 23.6 Å². The SMILES string of the molecule is COc1cccc(CCNC(=O)c2ccc(NC(C)C)nc2)c1. The lowest BCUT2D eigenvalue weighted by Gasteiger charge is -2.10. The molecular weight excluding hydrogens is 290 g/mol. The van der Waals surface area contributed by atoms with Gasteiger partial charge < -0.3 is 15.4 Å². The molecule has 0 spiro atoms. The van der Waals surface area contributed by atoms with Crippen LogP contribution in [-0.2, 0) is 6.42 Å². The van der Waals surface area contributed by atoms with Crippen LogP contribution >= 0.6 is 0 Å². The molecule has 0 bridgehead atoms. The molecule has 0 atom stereocenters. The zero-order valence-corrected chi connectivity index (χ0v) is 13.8. The number of hydrogen-bond donors (Lipinski definition) is 2. The first kappa shape index (κ1) is 16.8. The zero-order chi connectivity index (χ0) is 16.7. The van der Waals surface area contributed by atoms with Crippen molar-refractivity contribution in [3.05, 3.63) is 53.7 Å². The molecule has 0 fully saturated rings. The van der Waals surface area contributed by atoms with Gasteiger partial charge in [0.15, 0.2) is 0 Å². The lowest BCUT2D eigenvalue weighted by atomic mass is 10.1. The van der Waals surface area contributed by atoms with Gasteiger partial charge in [0.25, 0.3) is 5.91 Å². The summed E-state index contributed by atoms with van der Waals surface area (Å²) in [7, 11) is 1.64. The van der Waals surface area contributed by atoms with Crippen LogP contribution in [0.4, 0.5) is 5.82 Å². The van der Waals surface area contributed by atoms with Gasteiger partial charge in [-0.1, -0.05) is 12.1 Å². The highest BCUT2D eigenvalue weighted by atomic mass is 16.5. The van der Waals surface area contributed by atoms with Gasteiger partial charge in [0.2, 0.25) is 0 Å². The maximum absolute atomic E-state index is 12.1. The summed E-state index contributed by atoms with van der Waals surface area (Å²) in [5, 5.41) is 6.10. The Morgan fingerprint density at radius 2 is 2.09 bits per heavy atom. The quantitative estimate of drug-likeness (QED) is 0.825. The molecule has 0 unspecified atom stereocenters. The normalized spacial score (nSPS) is 10.4. The molecule has 0 aliphatic rings. The van der Waals surface area contributed by atoms with Crippen LogP contribution in [0.3, 0.4) is 0 Å². The largest absolute Gasteiger partial charge is 0.497 e. The molecule has 2 aromatic rings. The Balaban J connectivity index is 1.84. The first-order chi connectivity index (χ1) is 11.1. The number of hydrogen-bond acceptors (Lipinski definition) is 4. The van der Waals surface area contributed by atoms with Gasteiger partial charge in [-0.2, -0.15) is 0 Å². The van der Waals surface area contributed by atoms with Crippen LogP contribution in [0.25, 0.3) is 0 Å². The number of nitrogens with one attached hydrogen (secondary N) is 2. The van der Waals surface area contributed by atoms with Crippen molar-refractivity contribution in [3.63, 3.8) is 0 Å². The van der Waals surface area contributed by atoms with Crippen LogP contribution in [0, 0.1) is 0 Å². The number of pyridine rings is 1. The van der Waals surface area contributed by atoms with Gasteiger partial charge in [-0.25, -0.2) is 4.98 Å². The topological polar surface area (TPSA) is 63.2 Å². The Bertz CT molecular complexity index is 639. The third-order valence-corrected chi connectivity index (χ3v) is 3.30. The molecular formula is C18H23N3O2. The fourth-order valence-corrected chi connectivity index (χ4v) is 2.16. The average molecular weight is 313 g/mol. The lowest BCUT2D eigenvalue weighted by Crippen LogP contribution is -2.25. The molecule has 1 aromatic carbocycles. The second-order valence-corrected chi connectivity index (χ2v) is 5.59. The minimum Gasteiger partial charge on any atom is -0.497 e. The highest BCUT2D eigenvalue weighted by molar-refractivity contribution is 5.94. The van der Waals surface area contributed by atoms with Crippen molar-refractivity contribution in [3.8, 4) is 5.75 Å². The number of carbonyl (C=O) groups excluding carboxylic acids is 1. The standard InChI is InChI=1S/C18H23N3O2/c1-13(2)21-17-8-7-15(12-20-17)18(22)19-10-9-14-5-4-6-16(11-14)23-3/h4-8,11-13H,9-10H2,1-3H3,(H,19,22)(H,20,21). The Hall–Kier alpha value is -2.56. The van der Waals surface area contributed by atoms with E-state index < -0.39 is 0 Å². The van der Waals surface area contributed by atoms with Crippen molar-refractivity contribution >= 4 is 11.7 Å². The summed E-state index contributed by atoms with van der Waals surface area (Å²) in [6.07, 6.45) is 2.34. The molecule has 1 heterocycles. The van der Waals surface area contributed by atoms with Crippen molar-refractivity contribution in [2.45, 2.75) is 26.3 Å². The predicted octanol–water partition coefficient (Wildman–Crippen LogP) is 2.88. The van der Waals surface area contributed by atoms with Crippen molar-refractivity contribution in [1.82, 2.24) is 10.3 Å². The van der Waals surface area contributed by atoms with E-state index in [1.54, 1.807) is 19.4 Å². The number of ether oxygens (including phenoxy) is 1. The number of aromatic nitrogens is 1. The highest BCUT2D eigenvalue weighted by Crippen LogP contribution is 2.12. The van der Waals surface area contributed by atoms with E-state index in [1.165, 1.54) is 0 Å². The summed E-state index contributed by atoms with van der Waals surface area (Å²) in [4.78, 5) is 16.3. The number of anilines is 1. The molecule has 1 amide bonds. The smallest absolute Gasteiger partial charge is 0.252 e. The van der Waals surface area contributed by atoms with Crippen LogP contribution in [0.2, 0.25) is 0 Å². The number of benzene rings is 1. The summed E-state index contributed by atoms with van der Waals surface area (Å²) in [6, 6.07) is 11.7. The molecule has 0 aliphatic carbocycles. The van der Waals surface area contributed by atoms with Gasteiger partial charge in [0, 0.05) is 18.8 Å². The monoisotopic (exact) mass is 313 g/mol. The third kappa shape index (κ3) is 5.29. The number of rotatable bonds is 7. The minimum absolute atomic E-state index is 0.114. The summed E-state index contributed by atoms with van der Waals surface area (Å²) in [5.41, 5.74) is 1.68. The highest BCUT2D eigenvalue weighted by Gasteiger charge is 2.06. The average Bonchev–Trinajstić information content (AvgIpc) is 2.55. The molecule has 0 aliphatic heterocycles. The summed E-state index contributed by atoms with van der Waals surface area (Å²) >= 11 is 0. The van der Waals surface area contributed by atoms with Crippen LogP contribution < -0.4 is 15.4 Å². The van der Waals surface area contributed by atoms with Crippen LogP contribution in [0.5, 0.6) is 5.75 Å². The van der Waals surface area contributed by atoms with Crippen molar-refractivity contribution < 1.29 is 9.53 Å². The number of nitrogens with zero attached hydrogens (tertiary/aromatic N) is 1. The Labute approximate surface area is 137 Å². The van der Waals surface area contributed by atoms with Crippen molar-refractivity contribution in [1.29, 1.82) is 0 Å². The van der Waals surface area contributed by atoms with E-state index in [2.05, 4.69) is 15.6 Å². The fraction of sp³-hybridized carbons (Fsp3) is 0.333. The van der Waals surface area contributed by atoms with E-state index >= 15 is 0 Å². The lowest BCUT2D eigenvalue weighted by molar-refractivity contribution is 0.0954. The molecule has 23 heavy (non-hydrogen) atoms. The zero-order valence-electron chi connectivity index (χ0n) is 13.8. The van der Waals surface area contributed by atoms with Gasteiger partial charge in [-0.05, 0) is 50.1 Å². The molecule has 1 aromatic heterocycles. The van der Waals surface area contributed by atoms with Crippen LogP contribution in [-0.4, -0.2) is 30.6 Å². The molecule has 122 valence electrons. The Morgan fingerprint density at radius 3 is 2.74 bits per heavy atom. The second-order valence-electron chi connectivity index (χ2n) is 5.59. The molecule has 2 rings (SSSR count). The Morgan fingerprint density at radius 1 is 1.26 bits per heavy atom. The molecule has 2 N–H and O–H groups in total. The Kier molecular flexibility index (Phi) is 5.97. The maximum atomic E-state index is 12.1. The molecule has 0 radical (unpaired) electrons. The minimum atomic E-state index is -0.114. The number of carbonyl (C=O) groups is 1. The van der Waals surface area contributed by atoms with Crippen molar-refractivity contribution in [2.75, 3.05) is 19.0 Å². The molecule has 0 saturated carbocycles. The van der Waals surface area contributed by atoms with Gasteiger partial charge in [-0.15, -0.1) is 0 Å². The van der Waals surface area contributed by atoms with Crippen LogP contribution in [0.1, 0.15) is 29.8 Å². The van der Waals surface area contributed by atoms with Crippen LogP contribution in [0.15, 0.2) is 42.6 Å². The number of amides is 1. The second kappa shape index (κ2) is 8.17. The maximum Gasteiger partial charge on any atom is 0.252 e. The predicted molar refractivity (Wildman–Crippen MR) is 92.0 cm³/mol. The third-order valence-electron chi connectivity index (χ3n) is 3.30. The first-order valence-corrected chi connectivity index (χ1v) is 7.72. The summed E-state index contributed by atoms with van der Waals surface area (Å²) < 4.78 is 5.19. The van der Waals surface area contributed by atoms with Gasteiger partial charge >= 0.3 is 0 Å². The van der Waals surface area contributed by atoms with E-state index in [-0.39, 0.29) is 5.91 Å². The summed E-state index contributed by atoms with van der Waals surface area (Å²) in [5.74, 6) is 1.48. The van der Waals surface area contributed by atoms with Crippen molar-refractivity contribution in [2.24, 2.45) is 0 Å². The molecule has 0 saturated heterocycles. The number of methoxy groups -OCH3 is 1. The van der Waals surface area contributed by atoms with E-state index in [1.807, 2.05) is 44.2 Å². The first-order valence-electron chi connectivity index (χ1n) is 7.72. The molecule has 5 heteroatoms.